The number of benzene rings is 1. The first-order chi connectivity index (χ1) is 8.71. The van der Waals surface area contributed by atoms with E-state index in [1.54, 1.807) is 7.11 Å². The molecule has 18 heavy (non-hydrogen) atoms. The van der Waals surface area contributed by atoms with Crippen molar-refractivity contribution in [2.24, 2.45) is 5.73 Å². The maximum atomic E-state index is 6.14. The molecule has 0 atom stereocenters. The summed E-state index contributed by atoms with van der Waals surface area (Å²) in [7, 11) is 1.64. The van der Waals surface area contributed by atoms with Gasteiger partial charge in [-0.25, -0.2) is 0 Å². The number of aromatic nitrogens is 2. The molecule has 1 heterocycles. The standard InChI is InChI=1S/C13H15N3O2/c1-17-10-5-3-9(4-6-10)11-15-12(18-16-11)13(14)7-2-8-13/h3-6H,2,7-8,14H2,1H3. The SMILES string of the molecule is COc1ccc(-c2noc(C3(N)CCC3)n2)cc1. The van der Waals surface area contributed by atoms with Crippen LogP contribution in [0.3, 0.4) is 0 Å². The number of nitrogens with two attached hydrogens (primary N) is 1. The molecule has 1 aliphatic carbocycles. The molecule has 0 unspecified atom stereocenters. The third-order valence-corrected chi connectivity index (χ3v) is 3.45. The molecule has 0 aliphatic heterocycles. The van der Waals surface area contributed by atoms with Gasteiger partial charge in [0.2, 0.25) is 11.7 Å². The van der Waals surface area contributed by atoms with E-state index in [9.17, 15) is 0 Å². The highest BCUT2D eigenvalue weighted by molar-refractivity contribution is 5.55. The monoisotopic (exact) mass is 245 g/mol. The summed E-state index contributed by atoms with van der Waals surface area (Å²) in [6.07, 6.45) is 2.95. The molecule has 0 radical (unpaired) electrons. The van der Waals surface area contributed by atoms with Gasteiger partial charge >= 0.3 is 0 Å². The molecule has 2 N–H and O–H groups in total. The van der Waals surface area contributed by atoms with Crippen LogP contribution in [-0.2, 0) is 5.54 Å². The van der Waals surface area contributed by atoms with E-state index in [4.69, 9.17) is 15.0 Å². The number of hydrogen-bond acceptors (Lipinski definition) is 5. The van der Waals surface area contributed by atoms with Gasteiger partial charge in [0, 0.05) is 5.56 Å². The average molecular weight is 245 g/mol. The minimum Gasteiger partial charge on any atom is -0.497 e. The molecule has 1 aromatic heterocycles. The zero-order valence-corrected chi connectivity index (χ0v) is 10.2. The fourth-order valence-electron chi connectivity index (χ4n) is 2.05. The lowest BCUT2D eigenvalue weighted by atomic mass is 9.78. The van der Waals surface area contributed by atoms with Gasteiger partial charge in [0.25, 0.3) is 0 Å². The van der Waals surface area contributed by atoms with E-state index in [-0.39, 0.29) is 0 Å². The van der Waals surface area contributed by atoms with Crippen LogP contribution in [0.2, 0.25) is 0 Å². The van der Waals surface area contributed by atoms with Crippen molar-refractivity contribution in [2.45, 2.75) is 24.8 Å². The number of hydrogen-bond donors (Lipinski definition) is 1. The first-order valence-corrected chi connectivity index (χ1v) is 5.99. The first-order valence-electron chi connectivity index (χ1n) is 5.99. The second-order valence-electron chi connectivity index (χ2n) is 4.66. The molecule has 0 spiro atoms. The summed E-state index contributed by atoms with van der Waals surface area (Å²) in [5.41, 5.74) is 6.64. The van der Waals surface area contributed by atoms with Gasteiger partial charge < -0.3 is 15.0 Å². The zero-order valence-electron chi connectivity index (χ0n) is 10.2. The molecular formula is C13H15N3O2. The summed E-state index contributed by atoms with van der Waals surface area (Å²) >= 11 is 0. The Hall–Kier alpha value is -1.88. The van der Waals surface area contributed by atoms with Crippen molar-refractivity contribution in [3.05, 3.63) is 30.2 Å². The number of ether oxygens (including phenoxy) is 1. The number of nitrogens with zero attached hydrogens (tertiary/aromatic N) is 2. The van der Waals surface area contributed by atoms with E-state index in [0.29, 0.717) is 11.7 Å². The highest BCUT2D eigenvalue weighted by Gasteiger charge is 2.39. The van der Waals surface area contributed by atoms with Gasteiger partial charge in [0.05, 0.1) is 12.6 Å². The quantitative estimate of drug-likeness (QED) is 0.896. The molecule has 5 nitrogen and oxygen atoms in total. The molecule has 1 fully saturated rings. The lowest BCUT2D eigenvalue weighted by Crippen LogP contribution is -2.43. The molecule has 1 saturated carbocycles. The largest absolute Gasteiger partial charge is 0.497 e. The van der Waals surface area contributed by atoms with Crippen LogP contribution in [-0.4, -0.2) is 17.3 Å². The van der Waals surface area contributed by atoms with Gasteiger partial charge in [-0.15, -0.1) is 0 Å². The third kappa shape index (κ3) is 1.76. The van der Waals surface area contributed by atoms with Gasteiger partial charge in [0.1, 0.15) is 5.75 Å². The van der Waals surface area contributed by atoms with Gasteiger partial charge in [-0.3, -0.25) is 0 Å². The zero-order chi connectivity index (χ0) is 12.6. The Bertz CT molecular complexity index is 544. The molecule has 3 rings (SSSR count). The summed E-state index contributed by atoms with van der Waals surface area (Å²) in [5, 5.41) is 3.98. The van der Waals surface area contributed by atoms with Crippen LogP contribution in [0.15, 0.2) is 28.8 Å². The van der Waals surface area contributed by atoms with E-state index in [2.05, 4.69) is 10.1 Å². The van der Waals surface area contributed by atoms with Gasteiger partial charge in [-0.1, -0.05) is 5.16 Å². The average Bonchev–Trinajstić information content (AvgIpc) is 2.86. The molecule has 0 bridgehead atoms. The Morgan fingerprint density at radius 3 is 2.56 bits per heavy atom. The number of rotatable bonds is 3. The molecule has 2 aromatic rings. The third-order valence-electron chi connectivity index (χ3n) is 3.45. The lowest BCUT2D eigenvalue weighted by molar-refractivity contribution is 0.181. The smallest absolute Gasteiger partial charge is 0.247 e. The molecule has 94 valence electrons. The molecule has 5 heteroatoms. The van der Waals surface area contributed by atoms with Crippen molar-refractivity contribution in [2.75, 3.05) is 7.11 Å². The van der Waals surface area contributed by atoms with Crippen molar-refractivity contribution in [1.82, 2.24) is 10.1 Å². The second kappa shape index (κ2) is 4.10. The van der Waals surface area contributed by atoms with Crippen molar-refractivity contribution >= 4 is 0 Å². The van der Waals surface area contributed by atoms with Crippen LogP contribution >= 0.6 is 0 Å². The van der Waals surface area contributed by atoms with E-state index in [0.717, 1.165) is 30.6 Å². The molecular weight excluding hydrogens is 230 g/mol. The fourth-order valence-corrected chi connectivity index (χ4v) is 2.05. The number of methoxy groups -OCH3 is 1. The van der Waals surface area contributed by atoms with Gasteiger partial charge in [0.15, 0.2) is 0 Å². The van der Waals surface area contributed by atoms with Crippen LogP contribution < -0.4 is 10.5 Å². The minimum absolute atomic E-state index is 0.405. The highest BCUT2D eigenvalue weighted by atomic mass is 16.5. The van der Waals surface area contributed by atoms with Crippen LogP contribution in [0.5, 0.6) is 5.75 Å². The van der Waals surface area contributed by atoms with E-state index < -0.39 is 5.54 Å². The molecule has 1 aliphatic rings. The Morgan fingerprint density at radius 1 is 1.28 bits per heavy atom. The fraction of sp³-hybridized carbons (Fsp3) is 0.385. The van der Waals surface area contributed by atoms with Crippen LogP contribution in [0.4, 0.5) is 0 Å². The second-order valence-corrected chi connectivity index (χ2v) is 4.66. The Morgan fingerprint density at radius 2 is 2.00 bits per heavy atom. The summed E-state index contributed by atoms with van der Waals surface area (Å²) in [4.78, 5) is 4.39. The van der Waals surface area contributed by atoms with Crippen LogP contribution in [0, 0.1) is 0 Å². The molecule has 0 saturated heterocycles. The predicted molar refractivity (Wildman–Crippen MR) is 66.0 cm³/mol. The summed E-state index contributed by atoms with van der Waals surface area (Å²) in [6, 6.07) is 7.54. The van der Waals surface area contributed by atoms with Crippen molar-refractivity contribution in [1.29, 1.82) is 0 Å². The minimum atomic E-state index is -0.405. The summed E-state index contributed by atoms with van der Waals surface area (Å²) in [5.74, 6) is 1.92. The Balaban J connectivity index is 1.88. The maximum absolute atomic E-state index is 6.14. The summed E-state index contributed by atoms with van der Waals surface area (Å²) < 4.78 is 10.4. The van der Waals surface area contributed by atoms with Gasteiger partial charge in [-0.2, -0.15) is 4.98 Å². The molecule has 0 amide bonds. The van der Waals surface area contributed by atoms with E-state index in [1.165, 1.54) is 0 Å². The maximum Gasteiger partial charge on any atom is 0.247 e. The first kappa shape index (κ1) is 11.2. The van der Waals surface area contributed by atoms with E-state index in [1.807, 2.05) is 24.3 Å². The van der Waals surface area contributed by atoms with Crippen LogP contribution in [0.1, 0.15) is 25.2 Å². The van der Waals surface area contributed by atoms with E-state index >= 15 is 0 Å². The van der Waals surface area contributed by atoms with Crippen molar-refractivity contribution in [3.63, 3.8) is 0 Å². The lowest BCUT2D eigenvalue weighted by Gasteiger charge is -2.33. The van der Waals surface area contributed by atoms with Gasteiger partial charge in [-0.05, 0) is 43.5 Å². The van der Waals surface area contributed by atoms with Crippen LogP contribution in [0.25, 0.3) is 11.4 Å². The Labute approximate surface area is 105 Å². The Kier molecular flexibility index (Phi) is 2.56. The molecule has 1 aromatic carbocycles. The normalized spacial score (nSPS) is 17.2. The highest BCUT2D eigenvalue weighted by Crippen LogP contribution is 2.38. The van der Waals surface area contributed by atoms with Crippen molar-refractivity contribution < 1.29 is 9.26 Å². The topological polar surface area (TPSA) is 74.2 Å². The van der Waals surface area contributed by atoms with Crippen molar-refractivity contribution in [3.8, 4) is 17.1 Å². The predicted octanol–water partition coefficient (Wildman–Crippen LogP) is 2.08. The summed E-state index contributed by atoms with van der Waals surface area (Å²) in [6.45, 7) is 0.